The lowest BCUT2D eigenvalue weighted by atomic mass is 9.95. The van der Waals surface area contributed by atoms with Gasteiger partial charge in [-0.1, -0.05) is 0 Å². The van der Waals surface area contributed by atoms with Crippen LogP contribution in [0.2, 0.25) is 0 Å². The molecule has 0 bridgehead atoms. The van der Waals surface area contributed by atoms with Crippen LogP contribution in [0.1, 0.15) is 23.7 Å². The number of fused-ring (bicyclic) bond motifs is 1. The van der Waals surface area contributed by atoms with Gasteiger partial charge in [-0.05, 0) is 44.2 Å². The van der Waals surface area contributed by atoms with Gasteiger partial charge in [-0.3, -0.25) is 0 Å². The summed E-state index contributed by atoms with van der Waals surface area (Å²) in [7, 11) is 0. The van der Waals surface area contributed by atoms with Gasteiger partial charge in [0.05, 0.1) is 5.56 Å². The van der Waals surface area contributed by atoms with E-state index in [2.05, 4.69) is 28.2 Å². The highest BCUT2D eigenvalue weighted by molar-refractivity contribution is 5.59. The number of nitriles is 1. The summed E-state index contributed by atoms with van der Waals surface area (Å²) in [5, 5.41) is 12.9. The Labute approximate surface area is 114 Å². The Balaban J connectivity index is 2.01. The second kappa shape index (κ2) is 4.50. The maximum atomic E-state index is 9.41. The summed E-state index contributed by atoms with van der Waals surface area (Å²) in [5.41, 5.74) is 2.77. The summed E-state index contributed by atoms with van der Waals surface area (Å²) in [6.07, 6.45) is 0. The summed E-state index contributed by atoms with van der Waals surface area (Å²) < 4.78 is 0. The van der Waals surface area contributed by atoms with E-state index in [4.69, 9.17) is 0 Å². The average molecular weight is 256 g/mol. The van der Waals surface area contributed by atoms with Crippen LogP contribution in [0.5, 0.6) is 0 Å². The Morgan fingerprint density at radius 2 is 2.21 bits per heavy atom. The molecule has 2 aliphatic rings. The molecule has 0 saturated carbocycles. The molecule has 3 rings (SSSR count). The van der Waals surface area contributed by atoms with Crippen molar-refractivity contribution in [1.82, 2.24) is 10.3 Å². The molecule has 2 saturated heterocycles. The third-order valence-corrected chi connectivity index (χ3v) is 4.64. The van der Waals surface area contributed by atoms with Gasteiger partial charge in [-0.15, -0.1) is 0 Å². The highest BCUT2D eigenvalue weighted by Crippen LogP contribution is 2.36. The normalized spacial score (nSPS) is 29.4. The van der Waals surface area contributed by atoms with Gasteiger partial charge in [0.15, 0.2) is 0 Å². The maximum Gasteiger partial charge on any atom is 0.147 e. The Bertz CT molecular complexity index is 546. The van der Waals surface area contributed by atoms with E-state index in [1.54, 1.807) is 0 Å². The molecule has 0 radical (unpaired) electrons. The van der Waals surface area contributed by atoms with Crippen LogP contribution in [0.3, 0.4) is 0 Å². The summed E-state index contributed by atoms with van der Waals surface area (Å²) in [4.78, 5) is 6.99. The molecule has 3 atom stereocenters. The molecule has 1 aromatic rings. The molecule has 3 heterocycles. The molecule has 4 nitrogen and oxygen atoms in total. The molecule has 4 heteroatoms. The van der Waals surface area contributed by atoms with E-state index in [9.17, 15) is 5.26 Å². The minimum Gasteiger partial charge on any atom is -0.352 e. The first-order valence-corrected chi connectivity index (χ1v) is 6.97. The van der Waals surface area contributed by atoms with Crippen LogP contribution in [-0.4, -0.2) is 30.7 Å². The number of pyridine rings is 1. The summed E-state index contributed by atoms with van der Waals surface area (Å²) >= 11 is 0. The zero-order valence-corrected chi connectivity index (χ0v) is 11.8. The van der Waals surface area contributed by atoms with Gasteiger partial charge in [0, 0.05) is 31.4 Å². The smallest absolute Gasteiger partial charge is 0.147 e. The largest absolute Gasteiger partial charge is 0.352 e. The Morgan fingerprint density at radius 3 is 2.89 bits per heavy atom. The molecule has 1 aromatic heterocycles. The molecule has 19 heavy (non-hydrogen) atoms. The van der Waals surface area contributed by atoms with Gasteiger partial charge in [-0.2, -0.15) is 5.26 Å². The lowest BCUT2D eigenvalue weighted by Crippen LogP contribution is -2.34. The van der Waals surface area contributed by atoms with Gasteiger partial charge in [0.25, 0.3) is 0 Å². The van der Waals surface area contributed by atoms with Crippen molar-refractivity contribution in [3.05, 3.63) is 22.9 Å². The predicted octanol–water partition coefficient (Wildman–Crippen LogP) is 1.61. The van der Waals surface area contributed by atoms with Crippen molar-refractivity contribution in [2.75, 3.05) is 24.5 Å². The van der Waals surface area contributed by atoms with Crippen molar-refractivity contribution in [3.63, 3.8) is 0 Å². The van der Waals surface area contributed by atoms with Crippen molar-refractivity contribution >= 4 is 5.82 Å². The van der Waals surface area contributed by atoms with Crippen molar-refractivity contribution in [3.8, 4) is 6.07 Å². The van der Waals surface area contributed by atoms with Crippen LogP contribution in [-0.2, 0) is 0 Å². The van der Waals surface area contributed by atoms with Crippen molar-refractivity contribution < 1.29 is 0 Å². The molecule has 2 aliphatic heterocycles. The van der Waals surface area contributed by atoms with E-state index in [0.29, 0.717) is 17.9 Å². The zero-order chi connectivity index (χ0) is 13.6. The van der Waals surface area contributed by atoms with E-state index >= 15 is 0 Å². The monoisotopic (exact) mass is 256 g/mol. The molecule has 1 N–H and O–H groups in total. The number of rotatable bonds is 1. The first kappa shape index (κ1) is 12.4. The SMILES string of the molecule is Cc1cc(C)c(C#N)c(N2CC3CNCC3C2C)n1. The third-order valence-electron chi connectivity index (χ3n) is 4.64. The van der Waals surface area contributed by atoms with E-state index < -0.39 is 0 Å². The van der Waals surface area contributed by atoms with Crippen molar-refractivity contribution in [1.29, 1.82) is 5.26 Å². The van der Waals surface area contributed by atoms with Gasteiger partial charge in [-0.25, -0.2) is 4.98 Å². The topological polar surface area (TPSA) is 52.0 Å². The second-order valence-electron chi connectivity index (χ2n) is 5.87. The quantitative estimate of drug-likeness (QED) is 0.829. The van der Waals surface area contributed by atoms with Crippen LogP contribution < -0.4 is 10.2 Å². The van der Waals surface area contributed by atoms with Crippen LogP contribution in [0.25, 0.3) is 0 Å². The number of aromatic nitrogens is 1. The number of hydrogen-bond donors (Lipinski definition) is 1. The number of anilines is 1. The number of nitrogens with one attached hydrogen (secondary N) is 1. The fourth-order valence-electron chi connectivity index (χ4n) is 3.61. The fourth-order valence-corrected chi connectivity index (χ4v) is 3.61. The highest BCUT2D eigenvalue weighted by atomic mass is 15.3. The number of hydrogen-bond acceptors (Lipinski definition) is 4. The molecule has 0 amide bonds. The second-order valence-corrected chi connectivity index (χ2v) is 5.87. The van der Waals surface area contributed by atoms with Crippen molar-refractivity contribution in [2.45, 2.75) is 26.8 Å². The molecular weight excluding hydrogens is 236 g/mol. The number of aryl methyl sites for hydroxylation is 2. The highest BCUT2D eigenvalue weighted by Gasteiger charge is 2.43. The van der Waals surface area contributed by atoms with E-state index in [0.717, 1.165) is 42.3 Å². The van der Waals surface area contributed by atoms with Gasteiger partial charge in [0.1, 0.15) is 11.9 Å². The van der Waals surface area contributed by atoms with Crippen LogP contribution in [0.4, 0.5) is 5.82 Å². The average Bonchev–Trinajstić information content (AvgIpc) is 2.92. The lowest BCUT2D eigenvalue weighted by molar-refractivity contribution is 0.471. The molecule has 2 fully saturated rings. The van der Waals surface area contributed by atoms with Gasteiger partial charge in [0.2, 0.25) is 0 Å². The Hall–Kier alpha value is -1.60. The molecule has 100 valence electrons. The van der Waals surface area contributed by atoms with Crippen LogP contribution >= 0.6 is 0 Å². The number of nitrogens with zero attached hydrogens (tertiary/aromatic N) is 3. The summed E-state index contributed by atoms with van der Waals surface area (Å²) in [6, 6.07) is 4.78. The molecule has 0 spiro atoms. The van der Waals surface area contributed by atoms with E-state index in [-0.39, 0.29) is 0 Å². The van der Waals surface area contributed by atoms with Crippen LogP contribution in [0, 0.1) is 37.0 Å². The zero-order valence-electron chi connectivity index (χ0n) is 11.8. The Morgan fingerprint density at radius 1 is 1.42 bits per heavy atom. The minimum atomic E-state index is 0.459. The first-order chi connectivity index (χ1) is 9.11. The summed E-state index contributed by atoms with van der Waals surface area (Å²) in [6.45, 7) is 9.47. The van der Waals surface area contributed by atoms with Gasteiger partial charge >= 0.3 is 0 Å². The first-order valence-electron chi connectivity index (χ1n) is 6.97. The lowest BCUT2D eigenvalue weighted by Gasteiger charge is -2.27. The van der Waals surface area contributed by atoms with Gasteiger partial charge < -0.3 is 10.2 Å². The van der Waals surface area contributed by atoms with Crippen LogP contribution in [0.15, 0.2) is 6.07 Å². The fraction of sp³-hybridized carbons (Fsp3) is 0.600. The van der Waals surface area contributed by atoms with Crippen molar-refractivity contribution in [2.24, 2.45) is 11.8 Å². The minimum absolute atomic E-state index is 0.459. The summed E-state index contributed by atoms with van der Waals surface area (Å²) in [5.74, 6) is 2.28. The molecule has 0 aromatic carbocycles. The standard InChI is InChI=1S/C15H20N4/c1-9-4-10(2)18-15(13(9)5-16)19-8-12-6-17-7-14(12)11(19)3/h4,11-12,14,17H,6-8H2,1-3H3. The third kappa shape index (κ3) is 1.89. The molecule has 0 aliphatic carbocycles. The maximum absolute atomic E-state index is 9.41. The molecular formula is C15H20N4. The predicted molar refractivity (Wildman–Crippen MR) is 75.1 cm³/mol. The Kier molecular flexibility index (Phi) is 2.94. The van der Waals surface area contributed by atoms with E-state index in [1.165, 1.54) is 0 Å². The van der Waals surface area contributed by atoms with E-state index in [1.807, 2.05) is 19.9 Å². The molecule has 3 unspecified atom stereocenters.